The predicted molar refractivity (Wildman–Crippen MR) is 101 cm³/mol. The number of hydrogen-bond donors (Lipinski definition) is 0. The Kier molecular flexibility index (Phi) is 12.1. The molecule has 0 aliphatic heterocycles. The molecule has 1 saturated carbocycles. The van der Waals surface area contributed by atoms with E-state index in [-0.39, 0.29) is 0 Å². The van der Waals surface area contributed by atoms with E-state index in [2.05, 4.69) is 37.8 Å². The van der Waals surface area contributed by atoms with E-state index in [1.807, 2.05) is 6.08 Å². The van der Waals surface area contributed by atoms with Crippen molar-refractivity contribution in [1.82, 2.24) is 0 Å². The molecule has 0 aromatic heterocycles. The first-order valence-electron chi connectivity index (χ1n) is 9.81. The Morgan fingerprint density at radius 3 is 2.45 bits per heavy atom. The van der Waals surface area contributed by atoms with Gasteiger partial charge < -0.3 is 0 Å². The molecule has 1 rings (SSSR count). The van der Waals surface area contributed by atoms with Crippen molar-refractivity contribution in [3.8, 4) is 0 Å². The van der Waals surface area contributed by atoms with Gasteiger partial charge in [0.15, 0.2) is 0 Å². The van der Waals surface area contributed by atoms with Crippen LogP contribution in [0.4, 0.5) is 0 Å². The van der Waals surface area contributed by atoms with Crippen LogP contribution in [0.15, 0.2) is 37.0 Å². The molecular weight excluding hydrogens is 264 g/mol. The van der Waals surface area contributed by atoms with Gasteiger partial charge in [-0.15, -0.1) is 6.58 Å². The Labute approximate surface area is 139 Å². The molecule has 0 amide bonds. The van der Waals surface area contributed by atoms with Crippen molar-refractivity contribution in [2.24, 2.45) is 11.8 Å². The highest BCUT2D eigenvalue weighted by atomic mass is 14.3. The van der Waals surface area contributed by atoms with E-state index in [0.29, 0.717) is 0 Å². The molecular formula is C22H38. The van der Waals surface area contributed by atoms with Crippen molar-refractivity contribution >= 4 is 0 Å². The van der Waals surface area contributed by atoms with Crippen LogP contribution in [-0.2, 0) is 0 Å². The Bertz CT molecular complexity index is 310. The number of allylic oxidation sites excluding steroid dienone is 5. The molecule has 0 saturated heterocycles. The molecule has 1 aliphatic rings. The average Bonchev–Trinajstić information content (AvgIpc) is 2.97. The molecule has 0 aromatic carbocycles. The van der Waals surface area contributed by atoms with Crippen LogP contribution >= 0.6 is 0 Å². The van der Waals surface area contributed by atoms with Crippen molar-refractivity contribution < 1.29 is 0 Å². The zero-order chi connectivity index (χ0) is 15.9. The Morgan fingerprint density at radius 1 is 0.864 bits per heavy atom. The maximum absolute atomic E-state index is 3.79. The van der Waals surface area contributed by atoms with E-state index in [0.717, 1.165) is 11.8 Å². The molecule has 0 unspecified atom stereocenters. The largest absolute Gasteiger partial charge is 0.103 e. The number of unbranched alkanes of at least 4 members (excludes halogenated alkanes) is 6. The molecule has 0 heteroatoms. The van der Waals surface area contributed by atoms with Gasteiger partial charge in [0, 0.05) is 0 Å². The van der Waals surface area contributed by atoms with Crippen molar-refractivity contribution in [3.63, 3.8) is 0 Å². The molecule has 0 aromatic rings. The van der Waals surface area contributed by atoms with E-state index in [4.69, 9.17) is 0 Å². The third-order valence-corrected chi connectivity index (χ3v) is 4.99. The number of hydrogen-bond acceptors (Lipinski definition) is 0. The molecule has 0 heterocycles. The molecule has 22 heavy (non-hydrogen) atoms. The fourth-order valence-corrected chi connectivity index (χ4v) is 3.65. The first-order chi connectivity index (χ1) is 10.9. The van der Waals surface area contributed by atoms with Crippen LogP contribution in [0.2, 0.25) is 0 Å². The normalized spacial score (nSPS) is 22.0. The highest BCUT2D eigenvalue weighted by molar-refractivity contribution is 4.96. The lowest BCUT2D eigenvalue weighted by Gasteiger charge is -2.16. The smallest absolute Gasteiger partial charge is 0.0205 e. The Balaban J connectivity index is 2.08. The van der Waals surface area contributed by atoms with Gasteiger partial charge in [0.2, 0.25) is 0 Å². The van der Waals surface area contributed by atoms with Gasteiger partial charge in [0.1, 0.15) is 0 Å². The third-order valence-electron chi connectivity index (χ3n) is 4.99. The quantitative estimate of drug-likeness (QED) is 0.242. The summed E-state index contributed by atoms with van der Waals surface area (Å²) in [5.74, 6) is 1.87. The van der Waals surface area contributed by atoms with E-state index in [1.165, 1.54) is 83.5 Å². The summed E-state index contributed by atoms with van der Waals surface area (Å²) in [6, 6.07) is 0. The molecule has 0 spiro atoms. The Morgan fingerprint density at radius 2 is 1.64 bits per heavy atom. The molecule has 126 valence electrons. The summed E-state index contributed by atoms with van der Waals surface area (Å²) in [7, 11) is 0. The lowest BCUT2D eigenvalue weighted by molar-refractivity contribution is 0.402. The fraction of sp³-hybridized carbons (Fsp3) is 0.727. The van der Waals surface area contributed by atoms with Crippen LogP contribution in [0.25, 0.3) is 0 Å². The third kappa shape index (κ3) is 9.28. The summed E-state index contributed by atoms with van der Waals surface area (Å²) in [5.41, 5.74) is 0. The van der Waals surface area contributed by atoms with E-state index in [9.17, 15) is 0 Å². The van der Waals surface area contributed by atoms with Crippen molar-refractivity contribution in [1.29, 1.82) is 0 Å². The van der Waals surface area contributed by atoms with Crippen LogP contribution in [-0.4, -0.2) is 0 Å². The van der Waals surface area contributed by atoms with Gasteiger partial charge in [-0.1, -0.05) is 69.4 Å². The lowest BCUT2D eigenvalue weighted by Crippen LogP contribution is -2.05. The molecule has 0 nitrogen and oxygen atoms in total. The van der Waals surface area contributed by atoms with Gasteiger partial charge in [-0.2, -0.15) is 0 Å². The fourth-order valence-electron chi connectivity index (χ4n) is 3.65. The minimum absolute atomic E-state index is 0.885. The van der Waals surface area contributed by atoms with Gasteiger partial charge in [0.25, 0.3) is 0 Å². The maximum Gasteiger partial charge on any atom is -0.0205 e. The molecule has 0 radical (unpaired) electrons. The highest BCUT2D eigenvalue weighted by Gasteiger charge is 2.24. The minimum Gasteiger partial charge on any atom is -0.103 e. The SMILES string of the molecule is C=CCCCCCCC[C@H]1CCC[C@@H]1C=CCCC=CCC. The minimum atomic E-state index is 0.885. The van der Waals surface area contributed by atoms with Gasteiger partial charge >= 0.3 is 0 Å². The average molecular weight is 303 g/mol. The first-order valence-corrected chi connectivity index (χ1v) is 9.81. The van der Waals surface area contributed by atoms with E-state index in [1.54, 1.807) is 0 Å². The summed E-state index contributed by atoms with van der Waals surface area (Å²) >= 11 is 0. The standard InChI is InChI=1S/C22H38/c1-3-5-7-9-11-13-15-18-22-20-16-19-21(22)17-14-12-10-8-6-4-2/h3,6,8,14,17,21-22H,1,4-5,7,9-13,15-16,18-20H2,2H3/t21-,22-/m0/s1. The summed E-state index contributed by atoms with van der Waals surface area (Å²) in [4.78, 5) is 0. The van der Waals surface area contributed by atoms with Crippen molar-refractivity contribution in [2.45, 2.75) is 90.4 Å². The maximum atomic E-state index is 3.79. The monoisotopic (exact) mass is 302 g/mol. The van der Waals surface area contributed by atoms with Gasteiger partial charge in [-0.05, 0) is 63.2 Å². The molecule has 1 aliphatic carbocycles. The Hall–Kier alpha value is -0.780. The van der Waals surface area contributed by atoms with Crippen LogP contribution in [0, 0.1) is 11.8 Å². The molecule has 1 fully saturated rings. The molecule has 0 bridgehead atoms. The zero-order valence-electron chi connectivity index (χ0n) is 14.9. The van der Waals surface area contributed by atoms with E-state index >= 15 is 0 Å². The summed E-state index contributed by atoms with van der Waals surface area (Å²) in [6.45, 7) is 5.99. The molecule has 2 atom stereocenters. The summed E-state index contributed by atoms with van der Waals surface area (Å²) < 4.78 is 0. The second-order valence-corrected chi connectivity index (χ2v) is 6.87. The highest BCUT2D eigenvalue weighted by Crippen LogP contribution is 2.36. The zero-order valence-corrected chi connectivity index (χ0v) is 14.9. The summed E-state index contributed by atoms with van der Waals surface area (Å²) in [5, 5.41) is 0. The number of rotatable bonds is 13. The first kappa shape index (κ1) is 19.3. The summed E-state index contributed by atoms with van der Waals surface area (Å²) in [6.07, 6.45) is 29.3. The van der Waals surface area contributed by atoms with Crippen molar-refractivity contribution in [3.05, 3.63) is 37.0 Å². The second-order valence-electron chi connectivity index (χ2n) is 6.87. The lowest BCUT2D eigenvalue weighted by atomic mass is 9.90. The van der Waals surface area contributed by atoms with Gasteiger partial charge in [-0.25, -0.2) is 0 Å². The molecule has 0 N–H and O–H groups in total. The van der Waals surface area contributed by atoms with Crippen LogP contribution in [0.5, 0.6) is 0 Å². The second kappa shape index (κ2) is 13.9. The van der Waals surface area contributed by atoms with Crippen molar-refractivity contribution in [2.75, 3.05) is 0 Å². The predicted octanol–water partition coefficient (Wildman–Crippen LogP) is 7.62. The van der Waals surface area contributed by atoms with E-state index < -0.39 is 0 Å². The topological polar surface area (TPSA) is 0 Å². The van der Waals surface area contributed by atoms with Gasteiger partial charge in [-0.3, -0.25) is 0 Å². The van der Waals surface area contributed by atoms with Crippen LogP contribution in [0.3, 0.4) is 0 Å². The van der Waals surface area contributed by atoms with Crippen LogP contribution < -0.4 is 0 Å². The van der Waals surface area contributed by atoms with Crippen LogP contribution in [0.1, 0.15) is 90.4 Å². The van der Waals surface area contributed by atoms with Gasteiger partial charge in [0.05, 0.1) is 0 Å².